The van der Waals surface area contributed by atoms with Gasteiger partial charge >= 0.3 is 0 Å². The number of hydrogen-bond donors (Lipinski definition) is 1. The molecule has 1 aromatic carbocycles. The van der Waals surface area contributed by atoms with Crippen LogP contribution in [0.2, 0.25) is 0 Å². The van der Waals surface area contributed by atoms with Gasteiger partial charge in [0.05, 0.1) is 10.5 Å². The number of nitro groups is 1. The Morgan fingerprint density at radius 1 is 1.14 bits per heavy atom. The number of anilines is 1. The van der Waals surface area contributed by atoms with E-state index in [2.05, 4.69) is 20.4 Å². The van der Waals surface area contributed by atoms with Crippen molar-refractivity contribution >= 4 is 17.4 Å². The van der Waals surface area contributed by atoms with Crippen LogP contribution >= 0.6 is 0 Å². The molecule has 1 aliphatic heterocycles. The van der Waals surface area contributed by atoms with Crippen LogP contribution in [-0.4, -0.2) is 30.5 Å². The van der Waals surface area contributed by atoms with Gasteiger partial charge in [-0.2, -0.15) is 4.98 Å². The summed E-state index contributed by atoms with van der Waals surface area (Å²) in [5.74, 6) is 0.910. The number of hydrogen-bond acceptors (Lipinski definition) is 7. The number of nitrogens with zero attached hydrogens (tertiary/aromatic N) is 5. The van der Waals surface area contributed by atoms with Gasteiger partial charge in [0.15, 0.2) is 11.6 Å². The van der Waals surface area contributed by atoms with E-state index in [1.165, 1.54) is 6.07 Å². The number of nitrogens with one attached hydrogen (secondary N) is 1. The first kappa shape index (κ1) is 17.2. The zero-order valence-electron chi connectivity index (χ0n) is 15.3. The largest absolute Gasteiger partial charge is 0.328 e. The van der Waals surface area contributed by atoms with Crippen LogP contribution in [0.5, 0.6) is 0 Å². The second-order valence-corrected chi connectivity index (χ2v) is 6.95. The molecule has 1 unspecified atom stereocenters. The van der Waals surface area contributed by atoms with Crippen molar-refractivity contribution < 1.29 is 9.72 Å². The molecule has 0 spiro atoms. The Morgan fingerprint density at radius 2 is 1.93 bits per heavy atom. The molecule has 1 atom stereocenters. The molecule has 29 heavy (non-hydrogen) atoms. The first-order valence-corrected chi connectivity index (χ1v) is 9.27. The van der Waals surface area contributed by atoms with Crippen molar-refractivity contribution in [3.05, 3.63) is 75.7 Å². The second kappa shape index (κ2) is 6.62. The molecule has 9 heteroatoms. The van der Waals surface area contributed by atoms with Crippen LogP contribution in [0.4, 0.5) is 11.6 Å². The number of carbonyl (C=O) groups is 1. The molecule has 0 saturated carbocycles. The lowest BCUT2D eigenvalue weighted by molar-refractivity contribution is -0.385. The van der Waals surface area contributed by atoms with Crippen molar-refractivity contribution in [3.63, 3.8) is 0 Å². The highest BCUT2D eigenvalue weighted by Gasteiger charge is 2.39. The fourth-order valence-electron chi connectivity index (χ4n) is 3.95. The Labute approximate surface area is 165 Å². The Bertz CT molecular complexity index is 1170. The van der Waals surface area contributed by atoms with Crippen molar-refractivity contribution in [2.75, 3.05) is 5.32 Å². The lowest BCUT2D eigenvalue weighted by atomic mass is 9.85. The van der Waals surface area contributed by atoms with Crippen LogP contribution in [0.25, 0.3) is 11.4 Å². The van der Waals surface area contributed by atoms with Crippen molar-refractivity contribution in [2.45, 2.75) is 25.3 Å². The topological polar surface area (TPSA) is 116 Å². The van der Waals surface area contributed by atoms with Gasteiger partial charge in [0.25, 0.3) is 5.69 Å². The molecule has 9 nitrogen and oxygen atoms in total. The minimum absolute atomic E-state index is 0.0199. The Balaban J connectivity index is 1.73. The maximum Gasteiger partial charge on any atom is 0.275 e. The molecule has 2 aromatic heterocycles. The van der Waals surface area contributed by atoms with Crippen LogP contribution in [0, 0.1) is 10.1 Å². The maximum atomic E-state index is 12.8. The first-order valence-electron chi connectivity index (χ1n) is 9.27. The molecule has 1 aliphatic carbocycles. The molecule has 5 rings (SSSR count). The number of rotatable bonds is 3. The lowest BCUT2D eigenvalue weighted by Gasteiger charge is -2.31. The van der Waals surface area contributed by atoms with Crippen molar-refractivity contribution in [3.8, 4) is 11.4 Å². The zero-order chi connectivity index (χ0) is 20.0. The van der Waals surface area contributed by atoms with Gasteiger partial charge in [-0.3, -0.25) is 19.9 Å². The molecule has 3 aromatic rings. The molecule has 0 saturated heterocycles. The third-order valence-corrected chi connectivity index (χ3v) is 5.23. The highest BCUT2D eigenvalue weighted by molar-refractivity contribution is 5.99. The molecule has 2 aliphatic rings. The number of fused-ring (bicyclic) bond motifs is 1. The highest BCUT2D eigenvalue weighted by atomic mass is 16.6. The first-order chi connectivity index (χ1) is 14.1. The molecule has 0 bridgehead atoms. The quantitative estimate of drug-likeness (QED) is 0.541. The van der Waals surface area contributed by atoms with Crippen molar-refractivity contribution in [1.82, 2.24) is 19.7 Å². The standard InChI is InChI=1S/C20H16N6O3/c27-16-7-3-5-14-17(16)18(13-4-1-2-6-15(13)26(28)29)25-20(22-14)23-19(24-25)12-8-10-21-11-9-12/h1-2,4,6,8-11,18H,3,5,7H2,(H,22,23,24). The number of allylic oxidation sites excluding steroid dienone is 2. The van der Waals surface area contributed by atoms with Gasteiger partial charge in [0.1, 0.15) is 6.04 Å². The van der Waals surface area contributed by atoms with E-state index < -0.39 is 11.0 Å². The summed E-state index contributed by atoms with van der Waals surface area (Å²) in [6.45, 7) is 0. The van der Waals surface area contributed by atoms with E-state index in [1.54, 1.807) is 47.4 Å². The summed E-state index contributed by atoms with van der Waals surface area (Å²) >= 11 is 0. The molecule has 1 N–H and O–H groups in total. The van der Waals surface area contributed by atoms with Crippen LogP contribution in [0.1, 0.15) is 30.9 Å². The molecule has 0 fully saturated rings. The summed E-state index contributed by atoms with van der Waals surface area (Å²) < 4.78 is 1.58. The maximum absolute atomic E-state index is 12.8. The number of para-hydroxylation sites is 1. The molecule has 3 heterocycles. The minimum atomic E-state index is -0.696. The van der Waals surface area contributed by atoms with Gasteiger partial charge in [0.2, 0.25) is 5.95 Å². The third kappa shape index (κ3) is 2.78. The molecular formula is C20H16N6O3. The summed E-state index contributed by atoms with van der Waals surface area (Å²) in [6, 6.07) is 9.37. The van der Waals surface area contributed by atoms with Gasteiger partial charge in [-0.25, -0.2) is 4.68 Å². The molecule has 0 amide bonds. The van der Waals surface area contributed by atoms with E-state index in [1.807, 2.05) is 0 Å². The van der Waals surface area contributed by atoms with Crippen molar-refractivity contribution in [2.24, 2.45) is 0 Å². The molecule has 0 radical (unpaired) electrons. The lowest BCUT2D eigenvalue weighted by Crippen LogP contribution is -2.31. The van der Waals surface area contributed by atoms with Crippen LogP contribution < -0.4 is 5.32 Å². The Hall–Kier alpha value is -3.88. The second-order valence-electron chi connectivity index (χ2n) is 6.95. The summed E-state index contributed by atoms with van der Waals surface area (Å²) in [5.41, 5.74) is 2.45. The van der Waals surface area contributed by atoms with Gasteiger partial charge in [-0.05, 0) is 31.0 Å². The van der Waals surface area contributed by atoms with E-state index in [4.69, 9.17) is 0 Å². The van der Waals surface area contributed by atoms with Gasteiger partial charge in [-0.15, -0.1) is 5.10 Å². The van der Waals surface area contributed by atoms with Crippen LogP contribution in [0.3, 0.4) is 0 Å². The Morgan fingerprint density at radius 3 is 2.72 bits per heavy atom. The van der Waals surface area contributed by atoms with Gasteiger partial charge in [0, 0.05) is 41.7 Å². The normalized spacial score (nSPS) is 18.1. The van der Waals surface area contributed by atoms with Crippen LogP contribution in [-0.2, 0) is 4.79 Å². The molecule has 144 valence electrons. The van der Waals surface area contributed by atoms with Crippen molar-refractivity contribution in [1.29, 1.82) is 0 Å². The smallest absolute Gasteiger partial charge is 0.275 e. The minimum Gasteiger partial charge on any atom is -0.328 e. The number of benzene rings is 1. The average molecular weight is 388 g/mol. The monoisotopic (exact) mass is 388 g/mol. The van der Waals surface area contributed by atoms with Gasteiger partial charge < -0.3 is 5.32 Å². The van der Waals surface area contributed by atoms with E-state index >= 15 is 0 Å². The zero-order valence-corrected chi connectivity index (χ0v) is 15.3. The predicted molar refractivity (Wildman–Crippen MR) is 104 cm³/mol. The van der Waals surface area contributed by atoms with E-state index in [9.17, 15) is 14.9 Å². The fraction of sp³-hybridized carbons (Fsp3) is 0.200. The number of carbonyl (C=O) groups excluding carboxylic acids is 1. The third-order valence-electron chi connectivity index (χ3n) is 5.23. The average Bonchev–Trinajstić information content (AvgIpc) is 3.17. The summed E-state index contributed by atoms with van der Waals surface area (Å²) in [4.78, 5) is 32.7. The van der Waals surface area contributed by atoms with Gasteiger partial charge in [-0.1, -0.05) is 12.1 Å². The number of ketones is 1. The van der Waals surface area contributed by atoms with E-state index in [0.717, 1.165) is 17.7 Å². The number of nitro benzene ring substituents is 1. The summed E-state index contributed by atoms with van der Waals surface area (Å²) in [7, 11) is 0. The number of Topliss-reactive ketones (excluding diaryl/α,β-unsaturated/α-hetero) is 1. The highest BCUT2D eigenvalue weighted by Crippen LogP contribution is 2.42. The Kier molecular flexibility index (Phi) is 3.94. The predicted octanol–water partition coefficient (Wildman–Crippen LogP) is 3.27. The molecular weight excluding hydrogens is 372 g/mol. The number of pyridine rings is 1. The summed E-state index contributed by atoms with van der Waals surface area (Å²) in [5, 5.41) is 19.5. The number of aromatic nitrogens is 4. The van der Waals surface area contributed by atoms with E-state index in [-0.39, 0.29) is 11.5 Å². The van der Waals surface area contributed by atoms with E-state index in [0.29, 0.717) is 35.8 Å². The summed E-state index contributed by atoms with van der Waals surface area (Å²) in [6.07, 6.45) is 5.14. The SMILES string of the molecule is O=C1CCCC2=C1C(c1ccccc1[N+](=O)[O-])n1nc(-c3ccncc3)nc1N2. The fourth-order valence-corrected chi connectivity index (χ4v) is 3.95. The van der Waals surface area contributed by atoms with Crippen LogP contribution in [0.15, 0.2) is 60.1 Å².